The molecule has 0 aliphatic heterocycles. The summed E-state index contributed by atoms with van der Waals surface area (Å²) < 4.78 is 2.17. The van der Waals surface area contributed by atoms with Gasteiger partial charge in [-0.15, -0.1) is 0 Å². The largest absolute Gasteiger partial charge is 0.295 e. The van der Waals surface area contributed by atoms with Gasteiger partial charge in [-0.2, -0.15) is 5.10 Å². The molecule has 2 aromatic carbocycles. The smallest absolute Gasteiger partial charge is 0.280 e. The molecule has 2 N–H and O–H groups in total. The third-order valence-corrected chi connectivity index (χ3v) is 4.36. The van der Waals surface area contributed by atoms with Crippen molar-refractivity contribution in [1.82, 2.24) is 15.2 Å². The zero-order chi connectivity index (χ0) is 18.7. The van der Waals surface area contributed by atoms with Gasteiger partial charge in [0.25, 0.3) is 11.5 Å². The Morgan fingerprint density at radius 3 is 2.77 bits per heavy atom. The lowest BCUT2D eigenvalue weighted by atomic mass is 10.2. The highest BCUT2D eigenvalue weighted by molar-refractivity contribution is 9.10. The number of hydrogen-bond acceptors (Lipinski definition) is 3. The summed E-state index contributed by atoms with van der Waals surface area (Å²) >= 11 is 9.28. The van der Waals surface area contributed by atoms with Gasteiger partial charge in [0.15, 0.2) is 0 Å². The number of aromatic amines is 1. The number of carbonyl (C=O) groups is 1. The number of halogens is 2. The Hall–Kier alpha value is -2.64. The van der Waals surface area contributed by atoms with Crippen LogP contribution in [0.2, 0.25) is 5.02 Å². The first-order chi connectivity index (χ1) is 12.5. The number of H-pyrrole nitrogens is 1. The van der Waals surface area contributed by atoms with E-state index in [1.807, 2.05) is 6.07 Å². The van der Waals surface area contributed by atoms with Gasteiger partial charge in [-0.1, -0.05) is 39.7 Å². The molecule has 3 rings (SSSR count). The molecule has 0 atom stereocenters. The summed E-state index contributed by atoms with van der Waals surface area (Å²) in [6, 6.07) is 13.8. The minimum absolute atomic E-state index is 0.287. The van der Waals surface area contributed by atoms with E-state index in [0.29, 0.717) is 27.5 Å². The quantitative estimate of drug-likeness (QED) is 0.486. The number of hydrazone groups is 1. The highest BCUT2D eigenvalue weighted by Crippen LogP contribution is 2.14. The molecule has 132 valence electrons. The molecule has 0 saturated heterocycles. The predicted octanol–water partition coefficient (Wildman–Crippen LogP) is 3.65. The average Bonchev–Trinajstić information content (AvgIpc) is 2.90. The standard InChI is InChI=1S/C18H14BrClN4O2/c1-11-16(10-21-22-17(25)12-4-2-5-13(19)8-12)18(26)24(23-11)15-7-3-6-14(20)9-15/h2-10,23H,1H3,(H,22,25). The molecular formula is C18H14BrClN4O2. The van der Waals surface area contributed by atoms with Gasteiger partial charge >= 0.3 is 0 Å². The number of carbonyl (C=O) groups excluding carboxylic acids is 1. The van der Waals surface area contributed by atoms with Gasteiger partial charge in [-0.05, 0) is 43.3 Å². The van der Waals surface area contributed by atoms with Gasteiger partial charge in [0.2, 0.25) is 0 Å². The molecule has 0 fully saturated rings. The van der Waals surface area contributed by atoms with Crippen LogP contribution in [0.25, 0.3) is 5.69 Å². The minimum atomic E-state index is -0.370. The Morgan fingerprint density at radius 2 is 2.04 bits per heavy atom. The summed E-state index contributed by atoms with van der Waals surface area (Å²) in [6.45, 7) is 1.75. The number of hydrogen-bond donors (Lipinski definition) is 2. The molecule has 1 amide bonds. The predicted molar refractivity (Wildman–Crippen MR) is 105 cm³/mol. The second kappa shape index (κ2) is 7.72. The van der Waals surface area contributed by atoms with Crippen molar-refractivity contribution in [1.29, 1.82) is 0 Å². The zero-order valence-electron chi connectivity index (χ0n) is 13.7. The van der Waals surface area contributed by atoms with Crippen molar-refractivity contribution in [3.8, 4) is 5.69 Å². The monoisotopic (exact) mass is 432 g/mol. The topological polar surface area (TPSA) is 79.2 Å². The van der Waals surface area contributed by atoms with Crippen molar-refractivity contribution in [2.45, 2.75) is 6.92 Å². The van der Waals surface area contributed by atoms with E-state index in [0.717, 1.165) is 4.47 Å². The molecule has 6 nitrogen and oxygen atoms in total. The maximum absolute atomic E-state index is 12.6. The van der Waals surface area contributed by atoms with Gasteiger partial charge in [0.05, 0.1) is 17.5 Å². The molecule has 1 aromatic heterocycles. The van der Waals surface area contributed by atoms with Crippen LogP contribution in [0.4, 0.5) is 0 Å². The second-order valence-corrected chi connectivity index (χ2v) is 6.83. The first-order valence-corrected chi connectivity index (χ1v) is 8.79. The summed E-state index contributed by atoms with van der Waals surface area (Å²) in [5.41, 5.74) is 4.17. The van der Waals surface area contributed by atoms with Crippen LogP contribution in [0.15, 0.2) is 62.9 Å². The number of nitrogens with one attached hydrogen (secondary N) is 2. The van der Waals surface area contributed by atoms with E-state index in [2.05, 4.69) is 31.6 Å². The van der Waals surface area contributed by atoms with Gasteiger partial charge in [0.1, 0.15) is 0 Å². The van der Waals surface area contributed by atoms with E-state index < -0.39 is 0 Å². The fraction of sp³-hybridized carbons (Fsp3) is 0.0556. The first kappa shape index (κ1) is 18.2. The Balaban J connectivity index is 1.81. The van der Waals surface area contributed by atoms with Crippen molar-refractivity contribution in [2.24, 2.45) is 5.10 Å². The van der Waals surface area contributed by atoms with E-state index in [1.165, 1.54) is 10.9 Å². The van der Waals surface area contributed by atoms with Crippen LogP contribution in [0.5, 0.6) is 0 Å². The fourth-order valence-corrected chi connectivity index (χ4v) is 2.94. The molecule has 0 radical (unpaired) electrons. The molecule has 0 bridgehead atoms. The van der Waals surface area contributed by atoms with E-state index in [4.69, 9.17) is 11.6 Å². The summed E-state index contributed by atoms with van der Waals surface area (Å²) in [7, 11) is 0. The van der Waals surface area contributed by atoms with E-state index in [1.54, 1.807) is 49.4 Å². The zero-order valence-corrected chi connectivity index (χ0v) is 16.0. The number of aromatic nitrogens is 2. The molecule has 1 heterocycles. The van der Waals surface area contributed by atoms with Crippen LogP contribution in [0.3, 0.4) is 0 Å². The summed E-state index contributed by atoms with van der Waals surface area (Å²) in [4.78, 5) is 24.6. The van der Waals surface area contributed by atoms with Crippen LogP contribution in [-0.2, 0) is 0 Å². The number of rotatable bonds is 4. The summed E-state index contributed by atoms with van der Waals surface area (Å²) in [5, 5.41) is 7.39. The number of nitrogens with zero attached hydrogens (tertiary/aromatic N) is 2. The molecule has 0 spiro atoms. The Labute approximate surface area is 162 Å². The molecule has 0 aliphatic rings. The lowest BCUT2D eigenvalue weighted by Crippen LogP contribution is -2.20. The van der Waals surface area contributed by atoms with E-state index >= 15 is 0 Å². The van der Waals surface area contributed by atoms with Crippen molar-refractivity contribution < 1.29 is 4.79 Å². The van der Waals surface area contributed by atoms with Gasteiger partial charge in [-0.25, -0.2) is 10.1 Å². The van der Waals surface area contributed by atoms with Crippen LogP contribution in [-0.4, -0.2) is 21.9 Å². The average molecular weight is 434 g/mol. The molecule has 0 aliphatic carbocycles. The highest BCUT2D eigenvalue weighted by atomic mass is 79.9. The highest BCUT2D eigenvalue weighted by Gasteiger charge is 2.11. The summed E-state index contributed by atoms with van der Waals surface area (Å²) in [6.07, 6.45) is 1.32. The summed E-state index contributed by atoms with van der Waals surface area (Å²) in [5.74, 6) is -0.370. The maximum Gasteiger partial charge on any atom is 0.280 e. The van der Waals surface area contributed by atoms with Crippen LogP contribution >= 0.6 is 27.5 Å². The third kappa shape index (κ3) is 3.95. The number of aryl methyl sites for hydroxylation is 1. The lowest BCUT2D eigenvalue weighted by Gasteiger charge is -2.01. The number of benzene rings is 2. The van der Waals surface area contributed by atoms with Crippen molar-refractivity contribution in [2.75, 3.05) is 0 Å². The normalized spacial score (nSPS) is 11.0. The van der Waals surface area contributed by atoms with Crippen LogP contribution in [0.1, 0.15) is 21.6 Å². The molecule has 8 heteroatoms. The second-order valence-electron chi connectivity index (χ2n) is 5.48. The Morgan fingerprint density at radius 1 is 1.27 bits per heavy atom. The SMILES string of the molecule is Cc1[nH]n(-c2cccc(Cl)c2)c(=O)c1C=NNC(=O)c1cccc(Br)c1. The van der Waals surface area contributed by atoms with Gasteiger partial charge < -0.3 is 0 Å². The molecule has 0 saturated carbocycles. The Bertz CT molecular complexity index is 1060. The fourth-order valence-electron chi connectivity index (χ4n) is 2.36. The third-order valence-electron chi connectivity index (χ3n) is 3.63. The number of amides is 1. The van der Waals surface area contributed by atoms with Gasteiger partial charge in [-0.3, -0.25) is 14.7 Å². The Kier molecular flexibility index (Phi) is 5.39. The molecular weight excluding hydrogens is 420 g/mol. The molecule has 3 aromatic rings. The maximum atomic E-state index is 12.6. The van der Waals surface area contributed by atoms with Crippen LogP contribution < -0.4 is 11.0 Å². The van der Waals surface area contributed by atoms with Crippen molar-refractivity contribution in [3.05, 3.63) is 85.2 Å². The first-order valence-electron chi connectivity index (χ1n) is 7.62. The minimum Gasteiger partial charge on any atom is -0.295 e. The molecule has 0 unspecified atom stereocenters. The van der Waals surface area contributed by atoms with Crippen LogP contribution in [0, 0.1) is 6.92 Å². The van der Waals surface area contributed by atoms with Gasteiger partial charge in [0, 0.05) is 20.8 Å². The van der Waals surface area contributed by atoms with Crippen molar-refractivity contribution >= 4 is 39.7 Å². The lowest BCUT2D eigenvalue weighted by molar-refractivity contribution is 0.0955. The molecule has 26 heavy (non-hydrogen) atoms. The van der Waals surface area contributed by atoms with E-state index in [-0.39, 0.29) is 11.5 Å². The van der Waals surface area contributed by atoms with E-state index in [9.17, 15) is 9.59 Å². The van der Waals surface area contributed by atoms with Crippen molar-refractivity contribution in [3.63, 3.8) is 0 Å².